The fourth-order valence-electron chi connectivity index (χ4n) is 2.65. The molecule has 0 radical (unpaired) electrons. The van der Waals surface area contributed by atoms with Crippen LogP contribution in [0.1, 0.15) is 5.82 Å². The Morgan fingerprint density at radius 3 is 1.90 bits per heavy atom. The van der Waals surface area contributed by atoms with E-state index in [4.69, 9.17) is 9.47 Å². The standard InChI is InChI=1S/C21H23N5O4S/c1-26-18(12-19(27)22-14-4-8-16(29-2)9-5-14)24-25-21(26)31-13-20(28)23-15-6-10-17(30-3)11-7-15/h4-11H,12-13H2,1-3H3,(H,22,27)(H,23,28). The number of anilines is 2. The highest BCUT2D eigenvalue weighted by Crippen LogP contribution is 2.19. The summed E-state index contributed by atoms with van der Waals surface area (Å²) in [4.78, 5) is 24.5. The Kier molecular flexibility index (Phi) is 7.50. The lowest BCUT2D eigenvalue weighted by atomic mass is 10.3. The third kappa shape index (κ3) is 6.22. The van der Waals surface area contributed by atoms with Crippen molar-refractivity contribution in [2.75, 3.05) is 30.6 Å². The molecule has 10 heteroatoms. The summed E-state index contributed by atoms with van der Waals surface area (Å²) >= 11 is 1.25. The number of carbonyl (C=O) groups is 2. The highest BCUT2D eigenvalue weighted by atomic mass is 32.2. The fraction of sp³-hybridized carbons (Fsp3) is 0.238. The number of methoxy groups -OCH3 is 2. The van der Waals surface area contributed by atoms with Crippen LogP contribution in [0.4, 0.5) is 11.4 Å². The molecule has 0 unspecified atom stereocenters. The third-order valence-corrected chi connectivity index (χ3v) is 5.34. The zero-order chi connectivity index (χ0) is 22.2. The Morgan fingerprint density at radius 2 is 1.39 bits per heavy atom. The minimum absolute atomic E-state index is 0.0636. The Labute approximate surface area is 184 Å². The molecule has 0 aliphatic carbocycles. The van der Waals surface area contributed by atoms with Gasteiger partial charge in [-0.1, -0.05) is 11.8 Å². The van der Waals surface area contributed by atoms with Crippen LogP contribution in [0.3, 0.4) is 0 Å². The van der Waals surface area contributed by atoms with Crippen LogP contribution in [-0.4, -0.2) is 46.6 Å². The summed E-state index contributed by atoms with van der Waals surface area (Å²) in [5.74, 6) is 1.71. The van der Waals surface area contributed by atoms with E-state index in [9.17, 15) is 9.59 Å². The molecular weight excluding hydrogens is 418 g/mol. The molecular formula is C21H23N5O4S. The summed E-state index contributed by atoms with van der Waals surface area (Å²) in [6.07, 6.45) is 0.0636. The minimum atomic E-state index is -0.213. The highest BCUT2D eigenvalue weighted by Gasteiger charge is 2.15. The maximum Gasteiger partial charge on any atom is 0.234 e. The first-order valence-electron chi connectivity index (χ1n) is 9.37. The summed E-state index contributed by atoms with van der Waals surface area (Å²) in [5.41, 5.74) is 1.35. The zero-order valence-corrected chi connectivity index (χ0v) is 18.2. The van der Waals surface area contributed by atoms with E-state index in [1.165, 1.54) is 11.8 Å². The normalized spacial score (nSPS) is 10.4. The quantitative estimate of drug-likeness (QED) is 0.492. The van der Waals surface area contributed by atoms with Crippen LogP contribution in [0.15, 0.2) is 53.7 Å². The molecule has 0 saturated heterocycles. The maximum atomic E-state index is 12.3. The van der Waals surface area contributed by atoms with Crippen molar-refractivity contribution in [1.29, 1.82) is 0 Å². The molecule has 1 aromatic heterocycles. The third-order valence-electron chi connectivity index (χ3n) is 4.32. The van der Waals surface area contributed by atoms with E-state index in [1.54, 1.807) is 74.4 Å². The highest BCUT2D eigenvalue weighted by molar-refractivity contribution is 7.99. The number of nitrogens with zero attached hydrogens (tertiary/aromatic N) is 3. The number of benzene rings is 2. The average Bonchev–Trinajstić information content (AvgIpc) is 3.12. The molecule has 2 N–H and O–H groups in total. The number of ether oxygens (including phenoxy) is 2. The molecule has 0 bridgehead atoms. The van der Waals surface area contributed by atoms with Gasteiger partial charge in [0.15, 0.2) is 5.16 Å². The van der Waals surface area contributed by atoms with Gasteiger partial charge >= 0.3 is 0 Å². The van der Waals surface area contributed by atoms with Gasteiger partial charge in [-0.25, -0.2) is 0 Å². The second-order valence-electron chi connectivity index (χ2n) is 6.48. The van der Waals surface area contributed by atoms with Crippen molar-refractivity contribution in [1.82, 2.24) is 14.8 Å². The number of amides is 2. The molecule has 162 valence electrons. The van der Waals surface area contributed by atoms with Gasteiger partial charge in [0.1, 0.15) is 17.3 Å². The molecule has 2 amide bonds. The smallest absolute Gasteiger partial charge is 0.234 e. The van der Waals surface area contributed by atoms with Gasteiger partial charge in [0, 0.05) is 18.4 Å². The molecule has 0 aliphatic heterocycles. The lowest BCUT2D eigenvalue weighted by Crippen LogP contribution is -2.17. The first-order valence-corrected chi connectivity index (χ1v) is 10.4. The van der Waals surface area contributed by atoms with Crippen LogP contribution in [0.25, 0.3) is 0 Å². The van der Waals surface area contributed by atoms with Crippen molar-refractivity contribution < 1.29 is 19.1 Å². The summed E-state index contributed by atoms with van der Waals surface area (Å²) in [5, 5.41) is 14.3. The van der Waals surface area contributed by atoms with Crippen molar-refractivity contribution in [2.24, 2.45) is 7.05 Å². The Balaban J connectivity index is 1.50. The number of rotatable bonds is 9. The van der Waals surface area contributed by atoms with E-state index in [2.05, 4.69) is 20.8 Å². The number of carbonyl (C=O) groups excluding carboxylic acids is 2. The minimum Gasteiger partial charge on any atom is -0.497 e. The SMILES string of the molecule is COc1ccc(NC(=O)CSc2nnc(CC(=O)Nc3ccc(OC)cc3)n2C)cc1. The van der Waals surface area contributed by atoms with E-state index in [0.29, 0.717) is 28.1 Å². The molecule has 0 saturated carbocycles. The monoisotopic (exact) mass is 441 g/mol. The summed E-state index contributed by atoms with van der Waals surface area (Å²) in [7, 11) is 4.93. The summed E-state index contributed by atoms with van der Waals surface area (Å²) in [6.45, 7) is 0. The number of nitrogens with one attached hydrogen (secondary N) is 2. The van der Waals surface area contributed by atoms with Gasteiger partial charge < -0.3 is 24.7 Å². The Bertz CT molecular complexity index is 1030. The van der Waals surface area contributed by atoms with Crippen molar-refractivity contribution in [3.8, 4) is 11.5 Å². The van der Waals surface area contributed by atoms with Gasteiger partial charge in [0.2, 0.25) is 11.8 Å². The Morgan fingerprint density at radius 1 is 0.871 bits per heavy atom. The zero-order valence-electron chi connectivity index (χ0n) is 17.4. The van der Waals surface area contributed by atoms with Crippen LogP contribution in [0, 0.1) is 0 Å². The molecule has 0 spiro atoms. The maximum absolute atomic E-state index is 12.3. The van der Waals surface area contributed by atoms with Gasteiger partial charge in [-0.15, -0.1) is 10.2 Å². The second kappa shape index (κ2) is 10.5. The second-order valence-corrected chi connectivity index (χ2v) is 7.42. The molecule has 2 aromatic carbocycles. The van der Waals surface area contributed by atoms with Crippen molar-refractivity contribution in [3.05, 3.63) is 54.4 Å². The number of hydrogen-bond acceptors (Lipinski definition) is 7. The Hall–Kier alpha value is -3.53. The van der Waals surface area contributed by atoms with Crippen LogP contribution in [0.5, 0.6) is 11.5 Å². The molecule has 0 atom stereocenters. The van der Waals surface area contributed by atoms with E-state index in [-0.39, 0.29) is 24.0 Å². The van der Waals surface area contributed by atoms with Crippen LogP contribution < -0.4 is 20.1 Å². The molecule has 31 heavy (non-hydrogen) atoms. The van der Waals surface area contributed by atoms with Crippen LogP contribution in [0.2, 0.25) is 0 Å². The number of hydrogen-bond donors (Lipinski definition) is 2. The van der Waals surface area contributed by atoms with E-state index < -0.39 is 0 Å². The molecule has 0 aliphatic rings. The van der Waals surface area contributed by atoms with Gasteiger partial charge in [-0.2, -0.15) is 0 Å². The van der Waals surface area contributed by atoms with Crippen molar-refractivity contribution in [3.63, 3.8) is 0 Å². The van der Waals surface area contributed by atoms with E-state index in [0.717, 1.165) is 5.75 Å². The largest absolute Gasteiger partial charge is 0.497 e. The van der Waals surface area contributed by atoms with Crippen LogP contribution >= 0.6 is 11.8 Å². The molecule has 1 heterocycles. The molecule has 3 aromatic rings. The van der Waals surface area contributed by atoms with Crippen molar-refractivity contribution >= 4 is 35.0 Å². The first-order chi connectivity index (χ1) is 15.0. The number of thioether (sulfide) groups is 1. The first kappa shape index (κ1) is 22.2. The van der Waals surface area contributed by atoms with Gasteiger partial charge in [0.25, 0.3) is 0 Å². The fourth-order valence-corrected chi connectivity index (χ4v) is 3.38. The summed E-state index contributed by atoms with van der Waals surface area (Å²) < 4.78 is 11.9. The molecule has 9 nitrogen and oxygen atoms in total. The van der Waals surface area contributed by atoms with Crippen molar-refractivity contribution in [2.45, 2.75) is 11.6 Å². The molecule has 0 fully saturated rings. The average molecular weight is 442 g/mol. The topological polar surface area (TPSA) is 107 Å². The molecule has 3 rings (SSSR count). The van der Waals surface area contributed by atoms with Gasteiger partial charge in [0.05, 0.1) is 26.4 Å². The predicted molar refractivity (Wildman–Crippen MR) is 119 cm³/mol. The van der Waals surface area contributed by atoms with Gasteiger partial charge in [-0.3, -0.25) is 9.59 Å². The lowest BCUT2D eigenvalue weighted by molar-refractivity contribution is -0.116. The number of aromatic nitrogens is 3. The predicted octanol–water partition coefficient (Wildman–Crippen LogP) is 2.74. The summed E-state index contributed by atoms with van der Waals surface area (Å²) in [6, 6.07) is 14.1. The van der Waals surface area contributed by atoms with Gasteiger partial charge in [-0.05, 0) is 48.5 Å². The van der Waals surface area contributed by atoms with Crippen LogP contribution in [-0.2, 0) is 23.1 Å². The van der Waals surface area contributed by atoms with E-state index >= 15 is 0 Å². The van der Waals surface area contributed by atoms with E-state index in [1.807, 2.05) is 0 Å². The lowest BCUT2D eigenvalue weighted by Gasteiger charge is -2.07.